The topological polar surface area (TPSA) is 88.9 Å². The van der Waals surface area contributed by atoms with E-state index in [1.807, 2.05) is 40.7 Å². The molecule has 0 unspecified atom stereocenters. The van der Waals surface area contributed by atoms with E-state index in [0.717, 1.165) is 5.76 Å². The average molecular weight is 409 g/mol. The Morgan fingerprint density at radius 3 is 2.25 bits per heavy atom. The first-order valence-corrected chi connectivity index (χ1v) is 10.8. The Balaban J connectivity index is 2.03. The van der Waals surface area contributed by atoms with Gasteiger partial charge in [0.1, 0.15) is 23.0 Å². The summed E-state index contributed by atoms with van der Waals surface area (Å²) in [5, 5.41) is 0. The Hall–Kier alpha value is -2.48. The number of aryl methyl sites for hydroxylation is 1. The lowest BCUT2D eigenvalue weighted by atomic mass is 10.3. The molecule has 154 valence electrons. The maximum Gasteiger partial charge on any atom is 0.241 e. The Morgan fingerprint density at radius 2 is 1.75 bits per heavy atom. The molecular weight excluding hydrogens is 380 g/mol. The number of rotatable bonds is 9. The fourth-order valence-electron chi connectivity index (χ4n) is 2.63. The van der Waals surface area contributed by atoms with Gasteiger partial charge < -0.3 is 14.1 Å². The molecule has 0 aliphatic heterocycles. The fourth-order valence-corrected chi connectivity index (χ4v) is 3.69. The normalized spacial score (nSPS) is 11.7. The lowest BCUT2D eigenvalue weighted by molar-refractivity contribution is -0.131. The number of benzene rings is 1. The van der Waals surface area contributed by atoms with E-state index in [1.54, 1.807) is 30.3 Å². The number of nitrogens with one attached hydrogen (secondary N) is 1. The van der Waals surface area contributed by atoms with Crippen LogP contribution in [0.1, 0.15) is 39.2 Å². The van der Waals surface area contributed by atoms with Crippen molar-refractivity contribution in [2.24, 2.45) is 0 Å². The zero-order valence-corrected chi connectivity index (χ0v) is 17.7. The summed E-state index contributed by atoms with van der Waals surface area (Å²) in [6, 6.07) is 9.99. The molecule has 0 fully saturated rings. The largest absolute Gasteiger partial charge is 0.491 e. The summed E-state index contributed by atoms with van der Waals surface area (Å²) in [6.45, 7) is 9.53. The number of hydrogen-bond acceptors (Lipinski definition) is 5. The molecule has 1 N–H and O–H groups in total. The van der Waals surface area contributed by atoms with Gasteiger partial charge in [-0.1, -0.05) is 0 Å². The molecule has 0 aliphatic carbocycles. The molecule has 2 rings (SSSR count). The Bertz CT molecular complexity index is 886. The van der Waals surface area contributed by atoms with Crippen molar-refractivity contribution in [2.45, 2.75) is 53.3 Å². The summed E-state index contributed by atoms with van der Waals surface area (Å²) >= 11 is 0. The predicted molar refractivity (Wildman–Crippen MR) is 109 cm³/mol. The minimum absolute atomic E-state index is 0.0279. The van der Waals surface area contributed by atoms with Crippen molar-refractivity contribution in [2.75, 3.05) is 10.5 Å². The van der Waals surface area contributed by atoms with Gasteiger partial charge in [-0.2, -0.15) is 0 Å². The Morgan fingerprint density at radius 1 is 1.11 bits per heavy atom. The van der Waals surface area contributed by atoms with Crippen LogP contribution in [0.5, 0.6) is 5.75 Å². The van der Waals surface area contributed by atoms with E-state index in [1.165, 1.54) is 4.90 Å². The minimum Gasteiger partial charge on any atom is -0.491 e. The van der Waals surface area contributed by atoms with Gasteiger partial charge in [0.2, 0.25) is 15.9 Å². The quantitative estimate of drug-likeness (QED) is 0.685. The molecule has 28 heavy (non-hydrogen) atoms. The van der Waals surface area contributed by atoms with E-state index < -0.39 is 21.7 Å². The highest BCUT2D eigenvalue weighted by Crippen LogP contribution is 2.18. The second kappa shape index (κ2) is 9.14. The first kappa shape index (κ1) is 21.8. The van der Waals surface area contributed by atoms with Crippen LogP contribution < -0.4 is 9.46 Å². The maximum atomic E-state index is 12.6. The van der Waals surface area contributed by atoms with Crippen LogP contribution >= 0.6 is 0 Å². The lowest BCUT2D eigenvalue weighted by Gasteiger charge is -2.26. The highest BCUT2D eigenvalue weighted by molar-refractivity contribution is 7.93. The molecule has 1 aromatic carbocycles. The zero-order chi connectivity index (χ0) is 20.9. The number of furan rings is 1. The van der Waals surface area contributed by atoms with E-state index in [4.69, 9.17) is 9.15 Å². The van der Waals surface area contributed by atoms with Crippen LogP contribution in [0.15, 0.2) is 40.8 Å². The molecule has 0 saturated carbocycles. The SMILES string of the molecule is Cc1ccc(CN(C(=O)CS(=O)(=O)Nc2ccc(OC(C)C)cc2)C(C)C)o1. The second-order valence-corrected chi connectivity index (χ2v) is 8.90. The first-order chi connectivity index (χ1) is 13.1. The zero-order valence-electron chi connectivity index (χ0n) is 16.9. The van der Waals surface area contributed by atoms with Gasteiger partial charge in [0, 0.05) is 11.7 Å². The molecule has 0 atom stereocenters. The van der Waals surface area contributed by atoms with Gasteiger partial charge >= 0.3 is 0 Å². The van der Waals surface area contributed by atoms with Gasteiger partial charge in [-0.05, 0) is 71.0 Å². The third-order valence-corrected chi connectivity index (χ3v) is 5.05. The number of ether oxygens (including phenoxy) is 1. The van der Waals surface area contributed by atoms with Crippen molar-refractivity contribution < 1.29 is 22.4 Å². The van der Waals surface area contributed by atoms with Crippen molar-refractivity contribution in [3.63, 3.8) is 0 Å². The van der Waals surface area contributed by atoms with Crippen LogP contribution in [0, 0.1) is 6.92 Å². The van der Waals surface area contributed by atoms with E-state index in [0.29, 0.717) is 17.2 Å². The predicted octanol–water partition coefficient (Wildman–Crippen LogP) is 3.55. The van der Waals surface area contributed by atoms with E-state index in [-0.39, 0.29) is 18.7 Å². The van der Waals surface area contributed by atoms with Crippen molar-refractivity contribution >= 4 is 21.6 Å². The molecular formula is C20H28N2O5S. The molecule has 0 radical (unpaired) electrons. The van der Waals surface area contributed by atoms with Crippen molar-refractivity contribution in [1.29, 1.82) is 0 Å². The summed E-state index contributed by atoms with van der Waals surface area (Å²) in [5.74, 6) is 0.871. The van der Waals surface area contributed by atoms with Crippen LogP contribution in [-0.2, 0) is 21.4 Å². The highest BCUT2D eigenvalue weighted by atomic mass is 32.2. The molecule has 8 heteroatoms. The third kappa shape index (κ3) is 6.60. The molecule has 7 nitrogen and oxygen atoms in total. The van der Waals surface area contributed by atoms with Crippen LogP contribution in [-0.4, -0.2) is 37.1 Å². The molecule has 2 aromatic rings. The van der Waals surface area contributed by atoms with E-state index in [2.05, 4.69) is 4.72 Å². The second-order valence-electron chi connectivity index (χ2n) is 7.18. The molecule has 1 amide bonds. The molecule has 0 aliphatic rings. The monoisotopic (exact) mass is 408 g/mol. The number of nitrogens with zero attached hydrogens (tertiary/aromatic N) is 1. The summed E-state index contributed by atoms with van der Waals surface area (Å²) in [7, 11) is -3.85. The van der Waals surface area contributed by atoms with Gasteiger partial charge in [0.15, 0.2) is 0 Å². The van der Waals surface area contributed by atoms with Crippen LogP contribution in [0.25, 0.3) is 0 Å². The molecule has 1 heterocycles. The van der Waals surface area contributed by atoms with Crippen LogP contribution in [0.2, 0.25) is 0 Å². The Kier molecular flexibility index (Phi) is 7.12. The molecule has 0 bridgehead atoms. The average Bonchev–Trinajstić information content (AvgIpc) is 2.98. The summed E-state index contributed by atoms with van der Waals surface area (Å²) < 4.78 is 38.4. The molecule has 0 spiro atoms. The lowest BCUT2D eigenvalue weighted by Crippen LogP contribution is -2.41. The number of carbonyl (C=O) groups excluding carboxylic acids is 1. The number of amides is 1. The number of anilines is 1. The van der Waals surface area contributed by atoms with Gasteiger partial charge in [-0.3, -0.25) is 9.52 Å². The van der Waals surface area contributed by atoms with Crippen molar-refractivity contribution in [3.05, 3.63) is 47.9 Å². The first-order valence-electron chi connectivity index (χ1n) is 9.17. The van der Waals surface area contributed by atoms with Crippen molar-refractivity contribution in [3.8, 4) is 5.75 Å². The Labute approximate surface area is 166 Å². The summed E-state index contributed by atoms with van der Waals surface area (Å²) in [4.78, 5) is 14.1. The summed E-state index contributed by atoms with van der Waals surface area (Å²) in [5.41, 5.74) is 0.377. The fraction of sp³-hybridized carbons (Fsp3) is 0.450. The molecule has 1 aromatic heterocycles. The van der Waals surface area contributed by atoms with Gasteiger partial charge in [-0.15, -0.1) is 0 Å². The number of hydrogen-bond donors (Lipinski definition) is 1. The van der Waals surface area contributed by atoms with Crippen molar-refractivity contribution in [1.82, 2.24) is 4.90 Å². The van der Waals surface area contributed by atoms with Crippen LogP contribution in [0.3, 0.4) is 0 Å². The van der Waals surface area contributed by atoms with Gasteiger partial charge in [-0.25, -0.2) is 8.42 Å². The third-order valence-electron chi connectivity index (χ3n) is 3.88. The van der Waals surface area contributed by atoms with E-state index >= 15 is 0 Å². The standard InChI is InChI=1S/C20H28N2O5S/c1-14(2)22(12-19-9-6-16(5)27-19)20(23)13-28(24,25)21-17-7-10-18(11-8-17)26-15(3)4/h6-11,14-15,21H,12-13H2,1-5H3. The van der Waals surface area contributed by atoms with Gasteiger partial charge in [0.25, 0.3) is 0 Å². The molecule has 0 saturated heterocycles. The summed E-state index contributed by atoms with van der Waals surface area (Å²) in [6.07, 6.45) is 0.0279. The van der Waals surface area contributed by atoms with E-state index in [9.17, 15) is 13.2 Å². The number of sulfonamides is 1. The van der Waals surface area contributed by atoms with Gasteiger partial charge in [0.05, 0.1) is 12.6 Å². The van der Waals surface area contributed by atoms with Crippen LogP contribution in [0.4, 0.5) is 5.69 Å². The highest BCUT2D eigenvalue weighted by Gasteiger charge is 2.24. The smallest absolute Gasteiger partial charge is 0.241 e. The maximum absolute atomic E-state index is 12.6. The minimum atomic E-state index is -3.85. The number of carbonyl (C=O) groups is 1.